The maximum Gasteiger partial charge on any atom is 0.254 e. The summed E-state index contributed by atoms with van der Waals surface area (Å²) in [6.45, 7) is 6.67. The zero-order valence-electron chi connectivity index (χ0n) is 22.3. The van der Waals surface area contributed by atoms with Gasteiger partial charge in [-0.1, -0.05) is 67.6 Å². The number of hydrogen-bond donors (Lipinski definition) is 1. The third-order valence-electron chi connectivity index (χ3n) is 8.63. The van der Waals surface area contributed by atoms with Crippen LogP contribution in [0.25, 0.3) is 11.1 Å². The molecule has 0 bridgehead atoms. The van der Waals surface area contributed by atoms with Crippen LogP contribution < -0.4 is 5.32 Å². The number of nitrogens with zero attached hydrogens (tertiary/aromatic N) is 2. The topological polar surface area (TPSA) is 52.7 Å². The van der Waals surface area contributed by atoms with Crippen molar-refractivity contribution in [2.24, 2.45) is 0 Å². The molecule has 1 aliphatic carbocycles. The third-order valence-corrected chi connectivity index (χ3v) is 8.63. The first-order chi connectivity index (χ1) is 18.7. The Morgan fingerprint density at radius 3 is 2.45 bits per heavy atom. The second kappa shape index (κ2) is 10.7. The van der Waals surface area contributed by atoms with Gasteiger partial charge in [0.2, 0.25) is 5.91 Å². The Bertz CT molecular complexity index is 1340. The van der Waals surface area contributed by atoms with Crippen molar-refractivity contribution in [3.05, 3.63) is 94.5 Å². The average Bonchev–Trinajstić information content (AvgIpc) is 3.48. The van der Waals surface area contributed by atoms with Crippen LogP contribution in [0.5, 0.6) is 0 Å². The number of piperidine rings is 1. The molecular weight excluding hydrogens is 470 g/mol. The van der Waals surface area contributed by atoms with Gasteiger partial charge in [-0.05, 0) is 78.1 Å². The molecule has 5 nitrogen and oxygen atoms in total. The van der Waals surface area contributed by atoms with Gasteiger partial charge in [-0.3, -0.25) is 9.59 Å². The number of rotatable bonds is 8. The van der Waals surface area contributed by atoms with Gasteiger partial charge in [0.05, 0.1) is 5.92 Å². The number of carbonyl (C=O) groups is 2. The molecule has 0 aromatic heterocycles. The molecule has 38 heavy (non-hydrogen) atoms. The van der Waals surface area contributed by atoms with Gasteiger partial charge in [-0.2, -0.15) is 0 Å². The number of aryl methyl sites for hydroxylation is 1. The van der Waals surface area contributed by atoms with Crippen molar-refractivity contribution in [1.82, 2.24) is 15.1 Å². The molecule has 1 saturated heterocycles. The van der Waals surface area contributed by atoms with Crippen molar-refractivity contribution in [1.29, 1.82) is 0 Å². The standard InChI is InChI=1S/C33H37N3O2/c1-2-18-34-32(37)31-29-14-6-5-13-27(29)28-15-7-10-23(30(28)31)11-8-19-35-20-16-25(17-21-35)36-22-24-9-3-4-12-26(24)33(36)38/h3-7,9-10,12-15,25,31H,2,8,11,16-22H2,1H3,(H,34,37). The van der Waals surface area contributed by atoms with E-state index < -0.39 is 0 Å². The van der Waals surface area contributed by atoms with Crippen LogP contribution in [0.2, 0.25) is 0 Å². The summed E-state index contributed by atoms with van der Waals surface area (Å²) in [6.07, 6.45) is 5.04. The number of carbonyl (C=O) groups excluding carboxylic acids is 2. The minimum Gasteiger partial charge on any atom is -0.355 e. The van der Waals surface area contributed by atoms with Crippen molar-refractivity contribution in [2.75, 3.05) is 26.2 Å². The van der Waals surface area contributed by atoms with Crippen LogP contribution in [0.1, 0.15) is 71.1 Å². The highest BCUT2D eigenvalue weighted by Crippen LogP contribution is 2.46. The van der Waals surface area contributed by atoms with Gasteiger partial charge < -0.3 is 15.1 Å². The molecule has 2 heterocycles. The number of likely N-dealkylation sites (tertiary alicyclic amines) is 1. The fourth-order valence-corrected chi connectivity index (χ4v) is 6.70. The van der Waals surface area contributed by atoms with Gasteiger partial charge in [0, 0.05) is 37.8 Å². The smallest absolute Gasteiger partial charge is 0.254 e. The van der Waals surface area contributed by atoms with E-state index in [4.69, 9.17) is 0 Å². The summed E-state index contributed by atoms with van der Waals surface area (Å²) in [5.41, 5.74) is 8.09. The Morgan fingerprint density at radius 2 is 1.66 bits per heavy atom. The van der Waals surface area contributed by atoms with E-state index in [9.17, 15) is 9.59 Å². The van der Waals surface area contributed by atoms with E-state index in [0.29, 0.717) is 12.6 Å². The van der Waals surface area contributed by atoms with E-state index in [-0.39, 0.29) is 17.7 Å². The highest BCUT2D eigenvalue weighted by atomic mass is 16.2. The first-order valence-electron chi connectivity index (χ1n) is 14.3. The van der Waals surface area contributed by atoms with Crippen LogP contribution in [0.3, 0.4) is 0 Å². The zero-order valence-corrected chi connectivity index (χ0v) is 22.3. The van der Waals surface area contributed by atoms with Crippen molar-refractivity contribution >= 4 is 11.8 Å². The largest absolute Gasteiger partial charge is 0.355 e. The first-order valence-corrected chi connectivity index (χ1v) is 14.3. The number of fused-ring (bicyclic) bond motifs is 4. The molecule has 1 N–H and O–H groups in total. The number of hydrogen-bond acceptors (Lipinski definition) is 3. The van der Waals surface area contributed by atoms with Crippen LogP contribution >= 0.6 is 0 Å². The summed E-state index contributed by atoms with van der Waals surface area (Å²) in [5.74, 6) is 0.100. The quantitative estimate of drug-likeness (QED) is 0.446. The zero-order chi connectivity index (χ0) is 26.1. The molecular formula is C33H37N3O2. The molecule has 1 fully saturated rings. The molecule has 1 atom stereocenters. The van der Waals surface area contributed by atoms with Gasteiger partial charge in [0.1, 0.15) is 0 Å². The molecule has 0 radical (unpaired) electrons. The van der Waals surface area contributed by atoms with Crippen molar-refractivity contribution in [2.45, 2.75) is 57.5 Å². The molecule has 196 valence electrons. The maximum absolute atomic E-state index is 13.3. The van der Waals surface area contributed by atoms with Crippen LogP contribution in [0.4, 0.5) is 0 Å². The van der Waals surface area contributed by atoms with Crippen molar-refractivity contribution < 1.29 is 9.59 Å². The summed E-state index contributed by atoms with van der Waals surface area (Å²) in [4.78, 5) is 30.8. The SMILES string of the molecule is CCCNC(=O)C1c2ccccc2-c2cccc(CCCN3CCC(N4Cc5ccccc5C4=O)CC3)c21. The van der Waals surface area contributed by atoms with Gasteiger partial charge in [0.15, 0.2) is 0 Å². The Hall–Kier alpha value is -3.44. The normalized spacial score (nSPS) is 18.8. The molecule has 3 aliphatic rings. The third kappa shape index (κ3) is 4.54. The molecule has 0 spiro atoms. The second-order valence-corrected chi connectivity index (χ2v) is 11.0. The maximum atomic E-state index is 13.3. The van der Waals surface area contributed by atoms with Crippen LogP contribution in [-0.2, 0) is 17.8 Å². The predicted molar refractivity (Wildman–Crippen MR) is 151 cm³/mol. The summed E-state index contributed by atoms with van der Waals surface area (Å²) < 4.78 is 0. The molecule has 2 aliphatic heterocycles. The highest BCUT2D eigenvalue weighted by Gasteiger charge is 2.36. The summed E-state index contributed by atoms with van der Waals surface area (Å²) >= 11 is 0. The lowest BCUT2D eigenvalue weighted by molar-refractivity contribution is -0.121. The number of benzene rings is 3. The van der Waals surface area contributed by atoms with Gasteiger partial charge >= 0.3 is 0 Å². The Morgan fingerprint density at radius 1 is 0.921 bits per heavy atom. The van der Waals surface area contributed by atoms with Crippen LogP contribution in [0, 0.1) is 0 Å². The minimum atomic E-state index is -0.221. The highest BCUT2D eigenvalue weighted by molar-refractivity contribution is 5.98. The molecule has 3 aromatic carbocycles. The van der Waals surface area contributed by atoms with E-state index in [1.165, 1.54) is 27.8 Å². The van der Waals surface area contributed by atoms with Gasteiger partial charge in [0.25, 0.3) is 5.91 Å². The van der Waals surface area contributed by atoms with Gasteiger partial charge in [-0.25, -0.2) is 0 Å². The van der Waals surface area contributed by atoms with E-state index in [1.54, 1.807) is 0 Å². The Balaban J connectivity index is 1.08. The fraction of sp³-hybridized carbons (Fsp3) is 0.394. The molecule has 5 heteroatoms. The van der Waals surface area contributed by atoms with Crippen LogP contribution in [0.15, 0.2) is 66.7 Å². The van der Waals surface area contributed by atoms with E-state index in [1.807, 2.05) is 24.3 Å². The van der Waals surface area contributed by atoms with Gasteiger partial charge in [-0.15, -0.1) is 0 Å². The van der Waals surface area contributed by atoms with Crippen LogP contribution in [-0.4, -0.2) is 53.8 Å². The van der Waals surface area contributed by atoms with Crippen molar-refractivity contribution in [3.8, 4) is 11.1 Å². The summed E-state index contributed by atoms with van der Waals surface area (Å²) in [7, 11) is 0. The summed E-state index contributed by atoms with van der Waals surface area (Å²) in [5, 5.41) is 3.15. The molecule has 6 rings (SSSR count). The predicted octanol–water partition coefficient (Wildman–Crippen LogP) is 5.38. The first kappa shape index (κ1) is 24.9. The molecule has 3 aromatic rings. The lowest BCUT2D eigenvalue weighted by Gasteiger charge is -2.36. The summed E-state index contributed by atoms with van der Waals surface area (Å²) in [6, 6.07) is 23.3. The van der Waals surface area contributed by atoms with Crippen molar-refractivity contribution in [3.63, 3.8) is 0 Å². The molecule has 1 unspecified atom stereocenters. The lowest BCUT2D eigenvalue weighted by Crippen LogP contribution is -2.45. The number of nitrogens with one attached hydrogen (secondary N) is 1. The van der Waals surface area contributed by atoms with E-state index in [0.717, 1.165) is 69.4 Å². The van der Waals surface area contributed by atoms with E-state index in [2.05, 4.69) is 64.5 Å². The fourth-order valence-electron chi connectivity index (χ4n) is 6.70. The molecule has 0 saturated carbocycles. The Kier molecular flexibility index (Phi) is 7.03. The minimum absolute atomic E-state index is 0.117. The second-order valence-electron chi connectivity index (χ2n) is 11.0. The monoisotopic (exact) mass is 507 g/mol. The Labute approximate surface area is 225 Å². The van der Waals surface area contributed by atoms with E-state index >= 15 is 0 Å². The average molecular weight is 508 g/mol. The lowest BCUT2D eigenvalue weighted by atomic mass is 9.90. The number of amides is 2. The molecule has 2 amide bonds.